The maximum atomic E-state index is 6.20. The van der Waals surface area contributed by atoms with E-state index in [9.17, 15) is 0 Å². The summed E-state index contributed by atoms with van der Waals surface area (Å²) in [6, 6.07) is 2.40. The lowest BCUT2D eigenvalue weighted by Crippen LogP contribution is -2.42. The lowest BCUT2D eigenvalue weighted by molar-refractivity contribution is 0.551. The summed E-state index contributed by atoms with van der Waals surface area (Å²) in [5.41, 5.74) is 0. The molecule has 3 heteroatoms. The summed E-state index contributed by atoms with van der Waals surface area (Å²) in [6.45, 7) is 9.27. The van der Waals surface area contributed by atoms with E-state index in [1.54, 1.807) is 0 Å². The van der Waals surface area contributed by atoms with E-state index < -0.39 is 16.6 Å². The largest absolute Gasteiger partial charge is 0.455 e. The van der Waals surface area contributed by atoms with Crippen molar-refractivity contribution in [3.8, 4) is 0 Å². The molecule has 0 saturated carbocycles. The average Bonchev–Trinajstić information content (AvgIpc) is 1.86. The van der Waals surface area contributed by atoms with Crippen molar-refractivity contribution in [2.75, 3.05) is 0 Å². The second-order valence-electron chi connectivity index (χ2n) is 4.50. The quantitative estimate of drug-likeness (QED) is 0.417. The molecule has 0 aliphatic carbocycles. The first kappa shape index (κ1) is 9.22. The Hall–Kier alpha value is 0.134. The molecule has 0 atom stereocenters. The molecule has 1 aliphatic heterocycles. The van der Waals surface area contributed by atoms with E-state index >= 15 is 0 Å². The van der Waals surface area contributed by atoms with Crippen molar-refractivity contribution in [3.05, 3.63) is 12.2 Å². The standard InChI is InChI=1S/C8H18OSi2/c1-10(2)7-5-6-8-11(3,4)9-10/h5-6H,7-8H2,1-4H3. The molecule has 0 radical (unpaired) electrons. The zero-order chi connectivity index (χ0) is 8.54. The predicted molar refractivity (Wildman–Crippen MR) is 54.8 cm³/mol. The molecule has 1 nitrogen and oxygen atoms in total. The van der Waals surface area contributed by atoms with Crippen LogP contribution >= 0.6 is 0 Å². The lowest BCUT2D eigenvalue weighted by Gasteiger charge is -2.30. The summed E-state index contributed by atoms with van der Waals surface area (Å²) in [7, 11) is -2.60. The van der Waals surface area contributed by atoms with Gasteiger partial charge < -0.3 is 4.12 Å². The average molecular weight is 186 g/mol. The fourth-order valence-electron chi connectivity index (χ4n) is 1.57. The molecule has 0 N–H and O–H groups in total. The third-order valence-corrected chi connectivity index (χ3v) is 8.80. The molecular weight excluding hydrogens is 168 g/mol. The van der Waals surface area contributed by atoms with Crippen LogP contribution in [0, 0.1) is 0 Å². The molecular formula is C8H18OSi2. The first-order chi connectivity index (χ1) is 4.91. The van der Waals surface area contributed by atoms with Gasteiger partial charge in [0.15, 0.2) is 16.6 Å². The van der Waals surface area contributed by atoms with Crippen LogP contribution in [0.3, 0.4) is 0 Å². The van der Waals surface area contributed by atoms with Gasteiger partial charge in [-0.3, -0.25) is 0 Å². The van der Waals surface area contributed by atoms with E-state index in [0.29, 0.717) is 0 Å². The SMILES string of the molecule is C[Si]1(C)CC=CC[Si](C)(C)O1. The lowest BCUT2D eigenvalue weighted by atomic mass is 10.6. The first-order valence-corrected chi connectivity index (χ1v) is 10.5. The monoisotopic (exact) mass is 186 g/mol. The molecule has 0 aromatic rings. The van der Waals surface area contributed by atoms with Gasteiger partial charge in [-0.1, -0.05) is 12.2 Å². The minimum atomic E-state index is -1.30. The summed E-state index contributed by atoms with van der Waals surface area (Å²) >= 11 is 0. The van der Waals surface area contributed by atoms with Crippen molar-refractivity contribution >= 4 is 16.6 Å². The number of allylic oxidation sites excluding steroid dienone is 2. The van der Waals surface area contributed by atoms with E-state index in [0.717, 1.165) is 0 Å². The summed E-state index contributed by atoms with van der Waals surface area (Å²) in [4.78, 5) is 0. The maximum absolute atomic E-state index is 6.20. The van der Waals surface area contributed by atoms with E-state index in [2.05, 4.69) is 38.3 Å². The summed E-state index contributed by atoms with van der Waals surface area (Å²) in [5, 5.41) is 0. The van der Waals surface area contributed by atoms with Crippen LogP contribution < -0.4 is 0 Å². The highest BCUT2D eigenvalue weighted by Gasteiger charge is 2.32. The molecule has 64 valence electrons. The third kappa shape index (κ3) is 2.93. The second kappa shape index (κ2) is 2.88. The fraction of sp³-hybridized carbons (Fsp3) is 0.750. The van der Waals surface area contributed by atoms with E-state index in [1.807, 2.05) is 0 Å². The van der Waals surface area contributed by atoms with Crippen molar-refractivity contribution in [1.82, 2.24) is 0 Å². The molecule has 1 heterocycles. The highest BCUT2D eigenvalue weighted by molar-refractivity contribution is 6.85. The molecule has 0 aromatic carbocycles. The first-order valence-electron chi connectivity index (χ1n) is 4.27. The zero-order valence-electron chi connectivity index (χ0n) is 7.98. The molecule has 1 aliphatic rings. The van der Waals surface area contributed by atoms with Gasteiger partial charge in [0.2, 0.25) is 0 Å². The molecule has 0 saturated heterocycles. The normalized spacial score (nSPS) is 28.0. The van der Waals surface area contributed by atoms with Crippen LogP contribution in [0.15, 0.2) is 12.2 Å². The molecule has 0 unspecified atom stereocenters. The van der Waals surface area contributed by atoms with Gasteiger partial charge in [-0.05, 0) is 38.3 Å². The Balaban J connectivity index is 2.72. The van der Waals surface area contributed by atoms with E-state index in [4.69, 9.17) is 4.12 Å². The minimum absolute atomic E-state index is 1.20. The highest BCUT2D eigenvalue weighted by Crippen LogP contribution is 2.25. The van der Waals surface area contributed by atoms with E-state index in [-0.39, 0.29) is 0 Å². The second-order valence-corrected chi connectivity index (χ2v) is 13.2. The topological polar surface area (TPSA) is 9.23 Å². The van der Waals surface area contributed by atoms with Gasteiger partial charge >= 0.3 is 0 Å². The smallest absolute Gasteiger partial charge is 0.177 e. The summed E-state index contributed by atoms with van der Waals surface area (Å²) in [5.74, 6) is 0. The molecule has 0 bridgehead atoms. The summed E-state index contributed by atoms with van der Waals surface area (Å²) in [6.07, 6.45) is 4.63. The maximum Gasteiger partial charge on any atom is 0.177 e. The van der Waals surface area contributed by atoms with Crippen LogP contribution in [0.5, 0.6) is 0 Å². The highest BCUT2D eigenvalue weighted by atomic mass is 28.4. The van der Waals surface area contributed by atoms with Crippen molar-refractivity contribution in [3.63, 3.8) is 0 Å². The fourth-order valence-corrected chi connectivity index (χ4v) is 9.68. The Labute approximate surface area is 71.7 Å². The van der Waals surface area contributed by atoms with Crippen molar-refractivity contribution in [2.24, 2.45) is 0 Å². The Bertz CT molecular complexity index is 155. The van der Waals surface area contributed by atoms with Gasteiger partial charge in [-0.25, -0.2) is 0 Å². The van der Waals surface area contributed by atoms with Gasteiger partial charge in [0, 0.05) is 0 Å². The molecule has 1 rings (SSSR count). The van der Waals surface area contributed by atoms with Gasteiger partial charge in [0.1, 0.15) is 0 Å². The molecule has 0 aromatic heterocycles. The Morgan fingerprint density at radius 1 is 0.909 bits per heavy atom. The van der Waals surface area contributed by atoms with Crippen LogP contribution in [0.4, 0.5) is 0 Å². The Morgan fingerprint density at radius 2 is 1.27 bits per heavy atom. The van der Waals surface area contributed by atoms with Crippen molar-refractivity contribution in [2.45, 2.75) is 38.3 Å². The van der Waals surface area contributed by atoms with Crippen LogP contribution in [-0.2, 0) is 4.12 Å². The third-order valence-electron chi connectivity index (χ3n) is 1.94. The summed E-state index contributed by atoms with van der Waals surface area (Å²) < 4.78 is 6.20. The van der Waals surface area contributed by atoms with Crippen LogP contribution in [0.25, 0.3) is 0 Å². The van der Waals surface area contributed by atoms with Gasteiger partial charge in [-0.2, -0.15) is 0 Å². The Morgan fingerprint density at radius 3 is 1.64 bits per heavy atom. The van der Waals surface area contributed by atoms with Crippen molar-refractivity contribution < 1.29 is 4.12 Å². The van der Waals surface area contributed by atoms with Crippen molar-refractivity contribution in [1.29, 1.82) is 0 Å². The molecule has 11 heavy (non-hydrogen) atoms. The predicted octanol–water partition coefficient (Wildman–Crippen LogP) is 2.98. The van der Waals surface area contributed by atoms with Gasteiger partial charge in [-0.15, -0.1) is 0 Å². The van der Waals surface area contributed by atoms with E-state index in [1.165, 1.54) is 12.1 Å². The minimum Gasteiger partial charge on any atom is -0.455 e. The van der Waals surface area contributed by atoms with Gasteiger partial charge in [0.05, 0.1) is 0 Å². The van der Waals surface area contributed by atoms with Crippen LogP contribution in [0.1, 0.15) is 0 Å². The van der Waals surface area contributed by atoms with Gasteiger partial charge in [0.25, 0.3) is 0 Å². The number of rotatable bonds is 0. The molecule has 0 spiro atoms. The van der Waals surface area contributed by atoms with Crippen LogP contribution in [-0.4, -0.2) is 16.6 Å². The zero-order valence-corrected chi connectivity index (χ0v) is 9.98. The molecule has 0 fully saturated rings. The number of hydrogen-bond donors (Lipinski definition) is 0. The number of hydrogen-bond acceptors (Lipinski definition) is 1. The molecule has 0 amide bonds. The van der Waals surface area contributed by atoms with Crippen LogP contribution in [0.2, 0.25) is 38.3 Å². The Kier molecular flexibility index (Phi) is 2.41.